The lowest BCUT2D eigenvalue weighted by molar-refractivity contribution is -0.142. The van der Waals surface area contributed by atoms with Crippen molar-refractivity contribution in [2.75, 3.05) is 39.9 Å². The first kappa shape index (κ1) is 22.6. The summed E-state index contributed by atoms with van der Waals surface area (Å²) < 4.78 is 11.6. The lowest BCUT2D eigenvalue weighted by Gasteiger charge is -2.44. The van der Waals surface area contributed by atoms with Crippen molar-refractivity contribution in [3.05, 3.63) is 29.8 Å². The highest BCUT2D eigenvalue weighted by atomic mass is 16.5. The Morgan fingerprint density at radius 3 is 2.34 bits per heavy atom. The van der Waals surface area contributed by atoms with Gasteiger partial charge in [-0.05, 0) is 49.8 Å². The summed E-state index contributed by atoms with van der Waals surface area (Å²) in [4.78, 5) is 44.2. The molecule has 1 atom stereocenters. The molecule has 1 aromatic rings. The molecule has 2 heterocycles. The van der Waals surface area contributed by atoms with Crippen LogP contribution in [0.3, 0.4) is 0 Å². The molecule has 1 aromatic carbocycles. The van der Waals surface area contributed by atoms with E-state index in [1.165, 1.54) is 0 Å². The first-order valence-electron chi connectivity index (χ1n) is 11.5. The second kappa shape index (κ2) is 9.10. The highest BCUT2D eigenvalue weighted by Crippen LogP contribution is 2.43. The molecule has 0 unspecified atom stereocenters. The molecule has 0 bridgehead atoms. The molecular formula is C24H33N3O5. The fourth-order valence-electron chi connectivity index (χ4n) is 5.12. The summed E-state index contributed by atoms with van der Waals surface area (Å²) in [5.41, 5.74) is -0.249. The summed E-state index contributed by atoms with van der Waals surface area (Å²) in [5.74, 6) is 0.904. The van der Waals surface area contributed by atoms with Crippen LogP contribution >= 0.6 is 0 Å². The van der Waals surface area contributed by atoms with Gasteiger partial charge in [0.15, 0.2) is 0 Å². The second-order valence-electron chi connectivity index (χ2n) is 9.19. The maximum absolute atomic E-state index is 13.8. The molecule has 32 heavy (non-hydrogen) atoms. The number of amides is 3. The maximum atomic E-state index is 13.8. The Morgan fingerprint density at radius 1 is 1.06 bits per heavy atom. The topological polar surface area (TPSA) is 79.4 Å². The Kier molecular flexibility index (Phi) is 6.42. The number of carbonyl (C=O) groups is 3. The van der Waals surface area contributed by atoms with Crippen LogP contribution in [-0.2, 0) is 14.3 Å². The van der Waals surface area contributed by atoms with Crippen LogP contribution in [-0.4, -0.2) is 84.1 Å². The van der Waals surface area contributed by atoms with E-state index in [0.29, 0.717) is 43.4 Å². The van der Waals surface area contributed by atoms with Gasteiger partial charge in [0.05, 0.1) is 13.7 Å². The second-order valence-corrected chi connectivity index (χ2v) is 9.19. The first-order valence-corrected chi connectivity index (χ1v) is 11.5. The predicted molar refractivity (Wildman–Crippen MR) is 118 cm³/mol. The Hall–Kier alpha value is -2.61. The third-order valence-electron chi connectivity index (χ3n) is 7.17. The minimum Gasteiger partial charge on any atom is -0.497 e. The van der Waals surface area contributed by atoms with Gasteiger partial charge in [0, 0.05) is 38.7 Å². The first-order chi connectivity index (χ1) is 15.3. The molecule has 1 aliphatic carbocycles. The van der Waals surface area contributed by atoms with Crippen molar-refractivity contribution >= 4 is 17.7 Å². The van der Waals surface area contributed by atoms with E-state index in [9.17, 15) is 14.4 Å². The summed E-state index contributed by atoms with van der Waals surface area (Å²) in [7, 11) is 1.57. The van der Waals surface area contributed by atoms with E-state index in [2.05, 4.69) is 6.92 Å². The van der Waals surface area contributed by atoms with E-state index < -0.39 is 11.8 Å². The Balaban J connectivity index is 1.60. The van der Waals surface area contributed by atoms with Crippen LogP contribution < -0.4 is 4.74 Å². The molecule has 0 radical (unpaired) electrons. The highest BCUT2D eigenvalue weighted by molar-refractivity contribution is 5.98. The van der Waals surface area contributed by atoms with Crippen LogP contribution in [0.1, 0.15) is 49.9 Å². The SMILES string of the molecule is COc1cccc(C(=O)N2[C@@H](C(=O)N3CCN(C(C)=O)CC3)COC23CCC(C)CC3)c1. The molecule has 1 spiro atoms. The van der Waals surface area contributed by atoms with E-state index in [-0.39, 0.29) is 24.3 Å². The Bertz CT molecular complexity index is 872. The average molecular weight is 444 g/mol. The van der Waals surface area contributed by atoms with Crippen molar-refractivity contribution < 1.29 is 23.9 Å². The van der Waals surface area contributed by atoms with Crippen LogP contribution in [0.4, 0.5) is 0 Å². The third kappa shape index (κ3) is 4.20. The van der Waals surface area contributed by atoms with Crippen LogP contribution in [0.2, 0.25) is 0 Å². The number of nitrogens with zero attached hydrogens (tertiary/aromatic N) is 3. The molecule has 8 nitrogen and oxygen atoms in total. The number of piperazine rings is 1. The van der Waals surface area contributed by atoms with Crippen molar-refractivity contribution in [2.24, 2.45) is 5.92 Å². The van der Waals surface area contributed by atoms with Crippen molar-refractivity contribution in [2.45, 2.75) is 51.3 Å². The standard InChI is InChI=1S/C24H33N3O5/c1-17-7-9-24(10-8-17)27(22(29)19-5-4-6-20(15-19)31-3)21(16-32-24)23(30)26-13-11-25(12-14-26)18(2)28/h4-6,15,17,21H,7-14,16H2,1-3H3/t17?,21-,24?/m1/s1. The quantitative estimate of drug-likeness (QED) is 0.715. The number of hydrogen-bond acceptors (Lipinski definition) is 5. The zero-order valence-corrected chi connectivity index (χ0v) is 19.2. The minimum absolute atomic E-state index is 0.0198. The van der Waals surface area contributed by atoms with Crippen LogP contribution in [0.5, 0.6) is 5.75 Å². The maximum Gasteiger partial charge on any atom is 0.257 e. The number of carbonyl (C=O) groups excluding carboxylic acids is 3. The normalized spacial score (nSPS) is 28.2. The summed E-state index contributed by atoms with van der Waals surface area (Å²) in [5, 5.41) is 0. The van der Waals surface area contributed by atoms with Gasteiger partial charge in [-0.25, -0.2) is 0 Å². The molecule has 1 saturated carbocycles. The number of rotatable bonds is 3. The van der Waals surface area contributed by atoms with Gasteiger partial charge < -0.3 is 19.3 Å². The highest BCUT2D eigenvalue weighted by Gasteiger charge is 2.54. The van der Waals surface area contributed by atoms with Gasteiger partial charge in [-0.3, -0.25) is 19.3 Å². The Labute approximate surface area is 189 Å². The van der Waals surface area contributed by atoms with E-state index in [0.717, 1.165) is 25.7 Å². The van der Waals surface area contributed by atoms with Gasteiger partial charge in [0.2, 0.25) is 11.8 Å². The zero-order valence-electron chi connectivity index (χ0n) is 19.2. The molecule has 0 N–H and O–H groups in total. The molecule has 2 aliphatic heterocycles. The van der Waals surface area contributed by atoms with Gasteiger partial charge in [-0.15, -0.1) is 0 Å². The summed E-state index contributed by atoms with van der Waals surface area (Å²) in [6.45, 7) is 5.94. The van der Waals surface area contributed by atoms with Gasteiger partial charge in [0.25, 0.3) is 5.91 Å². The number of hydrogen-bond donors (Lipinski definition) is 0. The van der Waals surface area contributed by atoms with E-state index in [1.54, 1.807) is 53.0 Å². The van der Waals surface area contributed by atoms with Crippen molar-refractivity contribution in [1.82, 2.24) is 14.7 Å². The summed E-state index contributed by atoms with van der Waals surface area (Å²) >= 11 is 0. The largest absolute Gasteiger partial charge is 0.497 e. The van der Waals surface area contributed by atoms with E-state index >= 15 is 0 Å². The number of benzene rings is 1. The average Bonchev–Trinajstić information content (AvgIpc) is 3.19. The van der Waals surface area contributed by atoms with Crippen molar-refractivity contribution in [3.8, 4) is 5.75 Å². The van der Waals surface area contributed by atoms with Crippen LogP contribution in [0.15, 0.2) is 24.3 Å². The molecular weight excluding hydrogens is 410 g/mol. The van der Waals surface area contributed by atoms with Gasteiger partial charge in [-0.1, -0.05) is 13.0 Å². The predicted octanol–water partition coefficient (Wildman–Crippen LogP) is 2.13. The molecule has 8 heteroatoms. The number of methoxy groups -OCH3 is 1. The Morgan fingerprint density at radius 2 is 1.72 bits per heavy atom. The smallest absolute Gasteiger partial charge is 0.257 e. The van der Waals surface area contributed by atoms with E-state index in [4.69, 9.17) is 9.47 Å². The molecule has 3 amide bonds. The monoisotopic (exact) mass is 443 g/mol. The van der Waals surface area contributed by atoms with E-state index in [1.807, 2.05) is 0 Å². The van der Waals surface area contributed by atoms with Crippen molar-refractivity contribution in [3.63, 3.8) is 0 Å². The van der Waals surface area contributed by atoms with Crippen LogP contribution in [0.25, 0.3) is 0 Å². The fraction of sp³-hybridized carbons (Fsp3) is 0.625. The van der Waals surface area contributed by atoms with Crippen LogP contribution in [0, 0.1) is 5.92 Å². The van der Waals surface area contributed by atoms with Gasteiger partial charge >= 0.3 is 0 Å². The number of ether oxygens (including phenoxy) is 2. The van der Waals surface area contributed by atoms with Gasteiger partial charge in [-0.2, -0.15) is 0 Å². The van der Waals surface area contributed by atoms with Crippen molar-refractivity contribution in [1.29, 1.82) is 0 Å². The zero-order chi connectivity index (χ0) is 22.9. The molecule has 0 aromatic heterocycles. The molecule has 3 aliphatic rings. The molecule has 174 valence electrons. The third-order valence-corrected chi connectivity index (χ3v) is 7.17. The molecule has 2 saturated heterocycles. The lowest BCUT2D eigenvalue weighted by atomic mass is 9.83. The molecule has 3 fully saturated rings. The van der Waals surface area contributed by atoms with Gasteiger partial charge in [0.1, 0.15) is 17.5 Å². The summed E-state index contributed by atoms with van der Waals surface area (Å²) in [6, 6.07) is 6.40. The lowest BCUT2D eigenvalue weighted by Crippen LogP contribution is -2.59. The molecule has 4 rings (SSSR count). The minimum atomic E-state index is -0.742. The fourth-order valence-corrected chi connectivity index (χ4v) is 5.12. The summed E-state index contributed by atoms with van der Waals surface area (Å²) in [6.07, 6.45) is 3.37.